The summed E-state index contributed by atoms with van der Waals surface area (Å²) >= 11 is 0. The Bertz CT molecular complexity index is 169. The van der Waals surface area contributed by atoms with E-state index in [4.69, 9.17) is 0 Å². The number of rotatable bonds is 6. The molecule has 0 aliphatic heterocycles. The summed E-state index contributed by atoms with van der Waals surface area (Å²) in [4.78, 5) is 10.2. The van der Waals surface area contributed by atoms with Gasteiger partial charge in [0.1, 0.15) is 0 Å². The zero-order valence-corrected chi connectivity index (χ0v) is 9.25. The average Bonchev–Trinajstić information content (AvgIpc) is 2.10. The molecule has 0 amide bonds. The van der Waals surface area contributed by atoms with Gasteiger partial charge in [0, 0.05) is 12.6 Å². The van der Waals surface area contributed by atoms with Crippen molar-refractivity contribution in [1.29, 1.82) is 0 Å². The van der Waals surface area contributed by atoms with Crippen LogP contribution in [0.2, 0.25) is 0 Å². The molecule has 1 atom stereocenters. The monoisotopic (exact) mass is 183 g/mol. The van der Waals surface area contributed by atoms with Gasteiger partial charge in [0.2, 0.25) is 0 Å². The minimum Gasteiger partial charge on any atom is -0.306 e. The second-order valence-corrected chi connectivity index (χ2v) is 3.27. The quantitative estimate of drug-likeness (QED) is 0.578. The van der Waals surface area contributed by atoms with Crippen LogP contribution in [0.4, 0.5) is 0 Å². The van der Waals surface area contributed by atoms with Crippen LogP contribution in [0.1, 0.15) is 26.7 Å². The molecule has 3 heteroatoms. The Balaban J connectivity index is 3.67. The van der Waals surface area contributed by atoms with Crippen LogP contribution in [0, 0.1) is 0 Å². The molecule has 0 rings (SSSR count). The molecule has 0 heterocycles. The molecule has 0 aliphatic carbocycles. The van der Waals surface area contributed by atoms with Crippen molar-refractivity contribution >= 4 is 6.01 Å². The lowest BCUT2D eigenvalue weighted by atomic mass is 10.1. The average molecular weight is 183 g/mol. The van der Waals surface area contributed by atoms with Gasteiger partial charge in [-0.25, -0.2) is 9.98 Å². The van der Waals surface area contributed by atoms with Crippen molar-refractivity contribution in [3.63, 3.8) is 0 Å². The van der Waals surface area contributed by atoms with Gasteiger partial charge < -0.3 is 4.90 Å². The van der Waals surface area contributed by atoms with Crippen LogP contribution in [-0.2, 0) is 0 Å². The summed E-state index contributed by atoms with van der Waals surface area (Å²) in [6, 6.07) is 3.32. The van der Waals surface area contributed by atoms with Crippen molar-refractivity contribution in [3.05, 3.63) is 0 Å². The van der Waals surface area contributed by atoms with Crippen LogP contribution in [0.25, 0.3) is 0 Å². The molecule has 0 aromatic carbocycles. The first-order chi connectivity index (χ1) is 6.22. The van der Waals surface area contributed by atoms with E-state index in [1.54, 1.807) is 0 Å². The Hall–Kier alpha value is -0.660. The third kappa shape index (κ3) is 6.50. The molecular weight excluding hydrogens is 162 g/mol. The van der Waals surface area contributed by atoms with Gasteiger partial charge >= 0.3 is 0 Å². The van der Waals surface area contributed by atoms with Gasteiger partial charge in [-0.3, -0.25) is 0 Å². The van der Waals surface area contributed by atoms with Gasteiger partial charge in [0.25, 0.3) is 0 Å². The van der Waals surface area contributed by atoms with Crippen LogP contribution < -0.4 is 0 Å². The highest BCUT2D eigenvalue weighted by molar-refractivity contribution is 5.40. The van der Waals surface area contributed by atoms with Crippen LogP contribution in [0.15, 0.2) is 9.98 Å². The minimum absolute atomic E-state index is 0.632. The summed E-state index contributed by atoms with van der Waals surface area (Å²) < 4.78 is 0. The number of nitrogens with zero attached hydrogens (tertiary/aromatic N) is 3. The first-order valence-corrected chi connectivity index (χ1v) is 4.96. The van der Waals surface area contributed by atoms with Crippen molar-refractivity contribution in [2.24, 2.45) is 9.98 Å². The maximum atomic E-state index is 4.09. The molecule has 0 spiro atoms. The van der Waals surface area contributed by atoms with E-state index < -0.39 is 0 Å². The molecular formula is C10H21N3. The second kappa shape index (κ2) is 7.96. The van der Waals surface area contributed by atoms with Crippen LogP contribution in [0.5, 0.6) is 0 Å². The maximum absolute atomic E-state index is 4.09. The highest BCUT2D eigenvalue weighted by atomic mass is 15.1. The zero-order chi connectivity index (χ0) is 10.1. The molecule has 76 valence electrons. The molecule has 0 aromatic rings. The van der Waals surface area contributed by atoms with Gasteiger partial charge in [-0.15, -0.1) is 0 Å². The molecule has 0 fully saturated rings. The zero-order valence-electron chi connectivity index (χ0n) is 9.25. The fourth-order valence-electron chi connectivity index (χ4n) is 1.21. The number of aliphatic imine (C=N–C) groups is 2. The first kappa shape index (κ1) is 12.3. The molecule has 13 heavy (non-hydrogen) atoms. The third-order valence-corrected chi connectivity index (χ3v) is 2.08. The highest BCUT2D eigenvalue weighted by Gasteiger charge is 2.06. The van der Waals surface area contributed by atoms with Crippen molar-refractivity contribution in [2.75, 3.05) is 27.2 Å². The highest BCUT2D eigenvalue weighted by Crippen LogP contribution is 2.03. The standard InChI is InChI=1S/C10H21N3/c1-5-10(13(3)4)7-8-12-9-11-6-2/h10H,5-8H2,1-4H3. The molecule has 0 N–H and O–H groups in total. The summed E-state index contributed by atoms with van der Waals surface area (Å²) in [5, 5.41) is 0. The number of hydrogen-bond donors (Lipinski definition) is 0. The molecule has 0 saturated carbocycles. The van der Waals surface area contributed by atoms with E-state index in [9.17, 15) is 0 Å². The molecule has 3 nitrogen and oxygen atoms in total. The molecule has 0 radical (unpaired) electrons. The lowest BCUT2D eigenvalue weighted by Crippen LogP contribution is -2.27. The first-order valence-electron chi connectivity index (χ1n) is 4.96. The van der Waals surface area contributed by atoms with E-state index in [1.165, 1.54) is 6.42 Å². The van der Waals surface area contributed by atoms with Gasteiger partial charge in [-0.2, -0.15) is 0 Å². The third-order valence-electron chi connectivity index (χ3n) is 2.08. The Morgan fingerprint density at radius 3 is 2.38 bits per heavy atom. The fourth-order valence-corrected chi connectivity index (χ4v) is 1.21. The maximum Gasteiger partial charge on any atom is 0.0892 e. The van der Waals surface area contributed by atoms with Crippen LogP contribution in [-0.4, -0.2) is 44.1 Å². The van der Waals surface area contributed by atoms with Crippen LogP contribution in [0.3, 0.4) is 0 Å². The lowest BCUT2D eigenvalue weighted by molar-refractivity contribution is 0.274. The summed E-state index contributed by atoms with van der Waals surface area (Å²) in [6.07, 6.45) is 2.27. The smallest absolute Gasteiger partial charge is 0.0892 e. The molecule has 0 aromatic heterocycles. The molecule has 0 bridgehead atoms. The Kier molecular flexibility index (Phi) is 7.56. The predicted molar refractivity (Wildman–Crippen MR) is 57.7 cm³/mol. The SMILES string of the molecule is CCN=C=NCCC(CC)N(C)C. The Morgan fingerprint density at radius 2 is 1.92 bits per heavy atom. The normalized spacial score (nSPS) is 12.4. The Labute approximate surface area is 81.6 Å². The van der Waals surface area contributed by atoms with E-state index in [0.29, 0.717) is 6.04 Å². The van der Waals surface area contributed by atoms with E-state index in [1.807, 2.05) is 6.92 Å². The van der Waals surface area contributed by atoms with Gasteiger partial charge in [0.05, 0.1) is 12.6 Å². The lowest BCUT2D eigenvalue weighted by Gasteiger charge is -2.21. The topological polar surface area (TPSA) is 28.0 Å². The van der Waals surface area contributed by atoms with Gasteiger partial charge in [-0.1, -0.05) is 6.92 Å². The second-order valence-electron chi connectivity index (χ2n) is 3.27. The Morgan fingerprint density at radius 1 is 1.23 bits per heavy atom. The summed E-state index contributed by atoms with van der Waals surface area (Å²) in [5.74, 6) is 0. The van der Waals surface area contributed by atoms with Crippen molar-refractivity contribution < 1.29 is 0 Å². The number of hydrogen-bond acceptors (Lipinski definition) is 3. The van der Waals surface area contributed by atoms with E-state index >= 15 is 0 Å². The molecule has 0 saturated heterocycles. The largest absolute Gasteiger partial charge is 0.306 e. The molecule has 1 unspecified atom stereocenters. The van der Waals surface area contributed by atoms with E-state index in [0.717, 1.165) is 19.5 Å². The summed E-state index contributed by atoms with van der Waals surface area (Å²) in [6.45, 7) is 5.79. The van der Waals surface area contributed by atoms with E-state index in [-0.39, 0.29) is 0 Å². The van der Waals surface area contributed by atoms with E-state index in [2.05, 4.69) is 41.9 Å². The van der Waals surface area contributed by atoms with Gasteiger partial charge in [-0.05, 0) is 33.9 Å². The fraction of sp³-hybridized carbons (Fsp3) is 0.900. The van der Waals surface area contributed by atoms with Crippen molar-refractivity contribution in [2.45, 2.75) is 32.7 Å². The predicted octanol–water partition coefficient (Wildman–Crippen LogP) is 1.91. The van der Waals surface area contributed by atoms with Gasteiger partial charge in [0.15, 0.2) is 0 Å². The molecule has 0 aliphatic rings. The summed E-state index contributed by atoms with van der Waals surface area (Å²) in [7, 11) is 4.22. The van der Waals surface area contributed by atoms with Crippen molar-refractivity contribution in [3.8, 4) is 0 Å². The minimum atomic E-state index is 0.632. The van der Waals surface area contributed by atoms with Crippen molar-refractivity contribution in [1.82, 2.24) is 4.90 Å². The summed E-state index contributed by atoms with van der Waals surface area (Å²) in [5.41, 5.74) is 0. The van der Waals surface area contributed by atoms with Crippen LogP contribution >= 0.6 is 0 Å².